The summed E-state index contributed by atoms with van der Waals surface area (Å²) in [6, 6.07) is 5.14. The fourth-order valence-corrected chi connectivity index (χ4v) is 3.49. The van der Waals surface area contributed by atoms with E-state index in [9.17, 15) is 9.59 Å². The summed E-state index contributed by atoms with van der Waals surface area (Å²) in [5.74, 6) is 0.744. The summed E-state index contributed by atoms with van der Waals surface area (Å²) in [6.07, 6.45) is 3.33. The molecule has 0 unspecified atom stereocenters. The molecule has 156 valence electrons. The van der Waals surface area contributed by atoms with Crippen molar-refractivity contribution in [3.63, 3.8) is 0 Å². The van der Waals surface area contributed by atoms with Gasteiger partial charge in [-0.25, -0.2) is 9.97 Å². The largest absolute Gasteiger partial charge is 0.459 e. The van der Waals surface area contributed by atoms with Gasteiger partial charge in [-0.1, -0.05) is 13.8 Å². The van der Waals surface area contributed by atoms with E-state index in [1.54, 1.807) is 23.1 Å². The molecule has 8 nitrogen and oxygen atoms in total. The Morgan fingerprint density at radius 1 is 1.10 bits per heavy atom. The van der Waals surface area contributed by atoms with Crippen LogP contribution in [0.25, 0.3) is 0 Å². The van der Waals surface area contributed by atoms with Gasteiger partial charge in [-0.2, -0.15) is 0 Å². The first-order valence-corrected chi connectivity index (χ1v) is 10.3. The van der Waals surface area contributed by atoms with E-state index in [4.69, 9.17) is 4.42 Å². The topological polar surface area (TPSA) is 82.8 Å². The standard InChI is InChI=1S/C21H29N5O3/c1-4-8-24(9-5-2)19(27)17-15-16(3)22-21(23-17)26-12-10-25(11-13-26)20(28)18-7-6-14-29-18/h6-7,14-15H,4-5,8-13H2,1-3H3. The molecule has 8 heteroatoms. The summed E-state index contributed by atoms with van der Waals surface area (Å²) in [4.78, 5) is 40.1. The van der Waals surface area contributed by atoms with Crippen LogP contribution in [0, 0.1) is 6.92 Å². The van der Waals surface area contributed by atoms with E-state index in [0.29, 0.717) is 43.6 Å². The van der Waals surface area contributed by atoms with Crippen LogP contribution in [0.1, 0.15) is 53.4 Å². The molecule has 0 saturated carbocycles. The molecule has 2 amide bonds. The van der Waals surface area contributed by atoms with Crippen molar-refractivity contribution < 1.29 is 14.0 Å². The smallest absolute Gasteiger partial charge is 0.289 e. The third kappa shape index (κ3) is 4.93. The second-order valence-corrected chi connectivity index (χ2v) is 7.24. The lowest BCUT2D eigenvalue weighted by Gasteiger charge is -2.34. The summed E-state index contributed by atoms with van der Waals surface area (Å²) < 4.78 is 5.21. The summed E-state index contributed by atoms with van der Waals surface area (Å²) in [5, 5.41) is 0. The molecule has 0 spiro atoms. The molecular formula is C21H29N5O3. The van der Waals surface area contributed by atoms with Crippen molar-refractivity contribution in [2.24, 2.45) is 0 Å². The van der Waals surface area contributed by atoms with Crippen molar-refractivity contribution in [2.45, 2.75) is 33.6 Å². The first kappa shape index (κ1) is 20.8. The Balaban J connectivity index is 1.70. The number of carbonyl (C=O) groups excluding carboxylic acids is 2. The Morgan fingerprint density at radius 3 is 2.38 bits per heavy atom. The second kappa shape index (κ2) is 9.54. The minimum atomic E-state index is -0.106. The third-order valence-electron chi connectivity index (χ3n) is 4.92. The molecule has 0 radical (unpaired) electrons. The van der Waals surface area contributed by atoms with Gasteiger partial charge in [0.1, 0.15) is 5.69 Å². The van der Waals surface area contributed by atoms with Gasteiger partial charge in [-0.15, -0.1) is 0 Å². The zero-order valence-corrected chi connectivity index (χ0v) is 17.4. The van der Waals surface area contributed by atoms with Crippen LogP contribution in [0.15, 0.2) is 28.9 Å². The number of hydrogen-bond donors (Lipinski definition) is 0. The molecule has 2 aromatic rings. The lowest BCUT2D eigenvalue weighted by atomic mass is 10.2. The Labute approximate surface area is 171 Å². The number of hydrogen-bond acceptors (Lipinski definition) is 6. The summed E-state index contributed by atoms with van der Waals surface area (Å²) in [6.45, 7) is 9.77. The quantitative estimate of drug-likeness (QED) is 0.712. The number of aryl methyl sites for hydroxylation is 1. The van der Waals surface area contributed by atoms with E-state index in [-0.39, 0.29) is 11.8 Å². The molecule has 0 atom stereocenters. The predicted octanol–water partition coefficient (Wildman–Crippen LogP) is 2.60. The van der Waals surface area contributed by atoms with Crippen molar-refractivity contribution in [3.05, 3.63) is 41.6 Å². The number of carbonyl (C=O) groups is 2. The normalized spacial score (nSPS) is 14.2. The molecule has 1 aliphatic rings. The average Bonchev–Trinajstić information content (AvgIpc) is 3.27. The molecule has 0 aliphatic carbocycles. The zero-order chi connectivity index (χ0) is 20.8. The van der Waals surface area contributed by atoms with Crippen LogP contribution in [0.5, 0.6) is 0 Å². The minimum Gasteiger partial charge on any atom is -0.459 e. The van der Waals surface area contributed by atoms with Crippen molar-refractivity contribution in [3.8, 4) is 0 Å². The molecular weight excluding hydrogens is 370 g/mol. The lowest BCUT2D eigenvalue weighted by molar-refractivity contribution is 0.0714. The number of anilines is 1. The van der Waals surface area contributed by atoms with E-state index in [1.807, 2.05) is 16.7 Å². The van der Waals surface area contributed by atoms with Gasteiger partial charge in [0.25, 0.3) is 11.8 Å². The summed E-state index contributed by atoms with van der Waals surface area (Å²) in [7, 11) is 0. The summed E-state index contributed by atoms with van der Waals surface area (Å²) in [5.41, 5.74) is 1.20. The van der Waals surface area contributed by atoms with Crippen LogP contribution in [0.3, 0.4) is 0 Å². The molecule has 3 rings (SSSR count). The number of amides is 2. The van der Waals surface area contributed by atoms with E-state index in [2.05, 4.69) is 23.8 Å². The maximum absolute atomic E-state index is 12.9. The fraction of sp³-hybridized carbons (Fsp3) is 0.524. The van der Waals surface area contributed by atoms with Crippen LogP contribution < -0.4 is 4.90 Å². The molecule has 1 saturated heterocycles. The molecule has 1 aliphatic heterocycles. The zero-order valence-electron chi connectivity index (χ0n) is 17.4. The SMILES string of the molecule is CCCN(CCC)C(=O)c1cc(C)nc(N2CCN(C(=O)c3ccco3)CC2)n1. The monoisotopic (exact) mass is 399 g/mol. The number of rotatable bonds is 7. The number of aromatic nitrogens is 2. The maximum atomic E-state index is 12.9. The van der Waals surface area contributed by atoms with Gasteiger partial charge in [0, 0.05) is 45.0 Å². The molecule has 2 aromatic heterocycles. The van der Waals surface area contributed by atoms with E-state index >= 15 is 0 Å². The fourth-order valence-electron chi connectivity index (χ4n) is 3.49. The average molecular weight is 399 g/mol. The molecule has 29 heavy (non-hydrogen) atoms. The van der Waals surface area contributed by atoms with Crippen molar-refractivity contribution in [1.82, 2.24) is 19.8 Å². The Morgan fingerprint density at radius 2 is 1.79 bits per heavy atom. The van der Waals surface area contributed by atoms with E-state index < -0.39 is 0 Å². The second-order valence-electron chi connectivity index (χ2n) is 7.24. The lowest BCUT2D eigenvalue weighted by Crippen LogP contribution is -2.49. The molecule has 1 fully saturated rings. The van der Waals surface area contributed by atoms with Gasteiger partial charge in [0.15, 0.2) is 5.76 Å². The van der Waals surface area contributed by atoms with Gasteiger partial charge in [-0.3, -0.25) is 9.59 Å². The Kier molecular flexibility index (Phi) is 6.85. The van der Waals surface area contributed by atoms with Crippen LogP contribution in [-0.2, 0) is 0 Å². The van der Waals surface area contributed by atoms with Crippen LogP contribution >= 0.6 is 0 Å². The first-order chi connectivity index (χ1) is 14.0. The molecule has 0 N–H and O–H groups in total. The maximum Gasteiger partial charge on any atom is 0.289 e. The molecule has 0 aromatic carbocycles. The minimum absolute atomic E-state index is 0.0490. The molecule has 0 bridgehead atoms. The van der Waals surface area contributed by atoms with Gasteiger partial charge >= 0.3 is 0 Å². The van der Waals surface area contributed by atoms with Crippen molar-refractivity contribution in [2.75, 3.05) is 44.2 Å². The Hall–Kier alpha value is -2.90. The van der Waals surface area contributed by atoms with Crippen molar-refractivity contribution in [1.29, 1.82) is 0 Å². The highest BCUT2D eigenvalue weighted by atomic mass is 16.3. The third-order valence-corrected chi connectivity index (χ3v) is 4.92. The van der Waals surface area contributed by atoms with Gasteiger partial charge in [0.2, 0.25) is 5.95 Å². The van der Waals surface area contributed by atoms with Gasteiger partial charge in [-0.05, 0) is 38.0 Å². The van der Waals surface area contributed by atoms with Crippen molar-refractivity contribution >= 4 is 17.8 Å². The molecule has 3 heterocycles. The van der Waals surface area contributed by atoms with Crippen LogP contribution in [0.2, 0.25) is 0 Å². The first-order valence-electron chi connectivity index (χ1n) is 10.3. The van der Waals surface area contributed by atoms with Crippen LogP contribution in [0.4, 0.5) is 5.95 Å². The number of furan rings is 1. The number of nitrogens with zero attached hydrogens (tertiary/aromatic N) is 5. The highest BCUT2D eigenvalue weighted by Gasteiger charge is 2.26. The summed E-state index contributed by atoms with van der Waals surface area (Å²) >= 11 is 0. The Bertz CT molecular complexity index is 823. The predicted molar refractivity (Wildman–Crippen MR) is 110 cm³/mol. The van der Waals surface area contributed by atoms with Gasteiger partial charge < -0.3 is 19.1 Å². The van der Waals surface area contributed by atoms with Gasteiger partial charge in [0.05, 0.1) is 6.26 Å². The highest BCUT2D eigenvalue weighted by molar-refractivity contribution is 5.93. The van der Waals surface area contributed by atoms with E-state index in [0.717, 1.165) is 31.6 Å². The van der Waals surface area contributed by atoms with E-state index in [1.165, 1.54) is 6.26 Å². The highest BCUT2D eigenvalue weighted by Crippen LogP contribution is 2.16. The van der Waals surface area contributed by atoms with Crippen LogP contribution in [-0.4, -0.2) is 70.9 Å². The number of piperazine rings is 1.